The van der Waals surface area contributed by atoms with Gasteiger partial charge in [-0.25, -0.2) is 4.39 Å². The summed E-state index contributed by atoms with van der Waals surface area (Å²) in [4.78, 5) is 28.4. The van der Waals surface area contributed by atoms with Crippen LogP contribution in [0, 0.1) is 12.7 Å². The van der Waals surface area contributed by atoms with Crippen LogP contribution < -0.4 is 4.74 Å². The molecule has 5 nitrogen and oxygen atoms in total. The van der Waals surface area contributed by atoms with Gasteiger partial charge in [-0.3, -0.25) is 14.5 Å². The Balaban J connectivity index is 1.44. The lowest BCUT2D eigenvalue weighted by atomic mass is 10.1. The van der Waals surface area contributed by atoms with Crippen LogP contribution >= 0.6 is 0 Å². The molecule has 27 heavy (non-hydrogen) atoms. The Morgan fingerprint density at radius 2 is 1.74 bits per heavy atom. The molecular formula is C21H23FN2O3. The Morgan fingerprint density at radius 1 is 1.04 bits per heavy atom. The molecule has 1 aliphatic rings. The van der Waals surface area contributed by atoms with Gasteiger partial charge >= 0.3 is 0 Å². The minimum Gasteiger partial charge on any atom is -0.484 e. The summed E-state index contributed by atoms with van der Waals surface area (Å²) in [6.07, 6.45) is 0. The molecule has 2 aromatic carbocycles. The second-order valence-electron chi connectivity index (χ2n) is 6.65. The molecule has 0 unspecified atom stereocenters. The van der Waals surface area contributed by atoms with E-state index in [1.165, 1.54) is 12.1 Å². The maximum Gasteiger partial charge on any atom is 0.260 e. The molecule has 0 atom stereocenters. The number of carbonyl (C=O) groups excluding carboxylic acids is 2. The standard InChI is InChI=1S/C21H23FN2O3/c1-16-13-17(7-8-19(16)22)20(25)14-23-9-11-24(12-10-23)21(26)15-27-18-5-3-2-4-6-18/h2-8,13H,9-12,14-15H2,1H3. The van der Waals surface area contributed by atoms with Crippen molar-refractivity contribution in [3.8, 4) is 5.75 Å². The SMILES string of the molecule is Cc1cc(C(=O)CN2CCN(C(=O)COc3ccccc3)CC2)ccc1F. The fraction of sp³-hybridized carbons (Fsp3) is 0.333. The molecule has 1 heterocycles. The summed E-state index contributed by atoms with van der Waals surface area (Å²) in [6, 6.07) is 13.7. The van der Waals surface area contributed by atoms with Gasteiger partial charge in [-0.1, -0.05) is 18.2 Å². The molecule has 1 aliphatic heterocycles. The summed E-state index contributed by atoms with van der Waals surface area (Å²) in [6.45, 7) is 4.31. The van der Waals surface area contributed by atoms with Crippen molar-refractivity contribution in [2.45, 2.75) is 6.92 Å². The van der Waals surface area contributed by atoms with E-state index in [-0.39, 0.29) is 30.7 Å². The number of hydrogen-bond donors (Lipinski definition) is 0. The lowest BCUT2D eigenvalue weighted by molar-refractivity contribution is -0.135. The summed E-state index contributed by atoms with van der Waals surface area (Å²) in [7, 11) is 0. The van der Waals surface area contributed by atoms with Crippen LogP contribution in [0.2, 0.25) is 0 Å². The van der Waals surface area contributed by atoms with Crippen molar-refractivity contribution in [1.29, 1.82) is 0 Å². The Morgan fingerprint density at radius 3 is 2.41 bits per heavy atom. The lowest BCUT2D eigenvalue weighted by Gasteiger charge is -2.34. The van der Waals surface area contributed by atoms with Gasteiger partial charge in [0.2, 0.25) is 0 Å². The predicted molar refractivity (Wildman–Crippen MR) is 100 cm³/mol. The summed E-state index contributed by atoms with van der Waals surface area (Å²) >= 11 is 0. The number of para-hydroxylation sites is 1. The first-order valence-electron chi connectivity index (χ1n) is 9.00. The van der Waals surface area contributed by atoms with E-state index in [4.69, 9.17) is 4.74 Å². The van der Waals surface area contributed by atoms with Crippen molar-refractivity contribution in [1.82, 2.24) is 9.80 Å². The van der Waals surface area contributed by atoms with E-state index in [9.17, 15) is 14.0 Å². The number of amides is 1. The zero-order chi connectivity index (χ0) is 19.2. The molecule has 142 valence electrons. The van der Waals surface area contributed by atoms with Crippen LogP contribution in [0.15, 0.2) is 48.5 Å². The summed E-state index contributed by atoms with van der Waals surface area (Å²) in [5, 5.41) is 0. The Labute approximate surface area is 158 Å². The highest BCUT2D eigenvalue weighted by Gasteiger charge is 2.23. The molecule has 0 radical (unpaired) electrons. The fourth-order valence-corrected chi connectivity index (χ4v) is 3.02. The molecule has 2 aromatic rings. The summed E-state index contributed by atoms with van der Waals surface area (Å²) in [5.74, 6) is 0.269. The van der Waals surface area contributed by atoms with Crippen LogP contribution in [0.5, 0.6) is 5.75 Å². The van der Waals surface area contributed by atoms with Crippen LogP contribution in [-0.2, 0) is 4.79 Å². The minimum atomic E-state index is -0.309. The van der Waals surface area contributed by atoms with Crippen molar-refractivity contribution in [3.05, 3.63) is 65.5 Å². The van der Waals surface area contributed by atoms with E-state index < -0.39 is 0 Å². The van der Waals surface area contributed by atoms with Gasteiger partial charge in [0.05, 0.1) is 6.54 Å². The fourth-order valence-electron chi connectivity index (χ4n) is 3.02. The second-order valence-corrected chi connectivity index (χ2v) is 6.65. The highest BCUT2D eigenvalue weighted by Crippen LogP contribution is 2.12. The molecule has 6 heteroatoms. The van der Waals surface area contributed by atoms with Gasteiger partial charge in [0.1, 0.15) is 11.6 Å². The Hall–Kier alpha value is -2.73. The number of rotatable bonds is 6. The summed E-state index contributed by atoms with van der Waals surface area (Å²) < 4.78 is 18.8. The third kappa shape index (κ3) is 5.14. The molecule has 0 saturated carbocycles. The molecule has 3 rings (SSSR count). The number of nitrogens with zero attached hydrogens (tertiary/aromatic N) is 2. The van der Waals surface area contributed by atoms with Gasteiger partial charge in [-0.05, 0) is 42.8 Å². The van der Waals surface area contributed by atoms with Crippen molar-refractivity contribution in [3.63, 3.8) is 0 Å². The number of halogens is 1. The first-order valence-corrected chi connectivity index (χ1v) is 9.00. The van der Waals surface area contributed by atoms with E-state index in [0.717, 1.165) is 0 Å². The molecule has 0 bridgehead atoms. The highest BCUT2D eigenvalue weighted by molar-refractivity contribution is 5.97. The van der Waals surface area contributed by atoms with Gasteiger partial charge < -0.3 is 9.64 Å². The number of aryl methyl sites for hydroxylation is 1. The van der Waals surface area contributed by atoms with Gasteiger partial charge in [0.15, 0.2) is 12.4 Å². The molecule has 1 saturated heterocycles. The number of ether oxygens (including phenoxy) is 1. The Bertz CT molecular complexity index is 802. The van der Waals surface area contributed by atoms with Crippen LogP contribution in [-0.4, -0.2) is 60.8 Å². The van der Waals surface area contributed by atoms with Gasteiger partial charge in [0.25, 0.3) is 5.91 Å². The normalized spacial score (nSPS) is 14.8. The van der Waals surface area contributed by atoms with Crippen LogP contribution in [0.1, 0.15) is 15.9 Å². The molecule has 0 spiro atoms. The van der Waals surface area contributed by atoms with E-state index in [0.29, 0.717) is 43.1 Å². The van der Waals surface area contributed by atoms with E-state index >= 15 is 0 Å². The molecule has 0 N–H and O–H groups in total. The molecule has 0 aromatic heterocycles. The highest BCUT2D eigenvalue weighted by atomic mass is 19.1. The van der Waals surface area contributed by atoms with Crippen molar-refractivity contribution < 1.29 is 18.7 Å². The van der Waals surface area contributed by atoms with Gasteiger partial charge in [-0.2, -0.15) is 0 Å². The average molecular weight is 370 g/mol. The zero-order valence-electron chi connectivity index (χ0n) is 15.4. The number of hydrogen-bond acceptors (Lipinski definition) is 4. The number of piperazine rings is 1. The number of carbonyl (C=O) groups is 2. The largest absolute Gasteiger partial charge is 0.484 e. The van der Waals surface area contributed by atoms with E-state index in [1.807, 2.05) is 35.2 Å². The number of benzene rings is 2. The lowest BCUT2D eigenvalue weighted by Crippen LogP contribution is -2.51. The summed E-state index contributed by atoms with van der Waals surface area (Å²) in [5.41, 5.74) is 0.985. The van der Waals surface area contributed by atoms with Crippen LogP contribution in [0.4, 0.5) is 4.39 Å². The number of ketones is 1. The average Bonchev–Trinajstić information content (AvgIpc) is 2.69. The first-order chi connectivity index (χ1) is 13.0. The molecule has 1 amide bonds. The maximum atomic E-state index is 13.3. The first kappa shape index (κ1) is 19.0. The van der Waals surface area contributed by atoms with Crippen molar-refractivity contribution in [2.75, 3.05) is 39.3 Å². The van der Waals surface area contributed by atoms with E-state index in [2.05, 4.69) is 0 Å². The van der Waals surface area contributed by atoms with E-state index in [1.54, 1.807) is 17.9 Å². The molecule has 1 fully saturated rings. The van der Waals surface area contributed by atoms with Crippen molar-refractivity contribution >= 4 is 11.7 Å². The molecule has 0 aliphatic carbocycles. The van der Waals surface area contributed by atoms with Crippen LogP contribution in [0.25, 0.3) is 0 Å². The van der Waals surface area contributed by atoms with Crippen molar-refractivity contribution in [2.24, 2.45) is 0 Å². The predicted octanol–water partition coefficient (Wildman–Crippen LogP) is 2.54. The third-order valence-corrected chi connectivity index (χ3v) is 4.68. The van der Waals surface area contributed by atoms with Gasteiger partial charge in [0, 0.05) is 31.7 Å². The monoisotopic (exact) mass is 370 g/mol. The number of Topliss-reactive ketones (excluding diaryl/α,β-unsaturated/α-hetero) is 1. The quantitative estimate of drug-likeness (QED) is 0.734. The van der Waals surface area contributed by atoms with Gasteiger partial charge in [-0.15, -0.1) is 0 Å². The molecular weight excluding hydrogens is 347 g/mol. The third-order valence-electron chi connectivity index (χ3n) is 4.68. The minimum absolute atomic E-state index is 0.0117. The Kier molecular flexibility index (Phi) is 6.19. The maximum absolute atomic E-state index is 13.3. The second kappa shape index (κ2) is 8.77. The smallest absolute Gasteiger partial charge is 0.260 e. The topological polar surface area (TPSA) is 49.9 Å². The zero-order valence-corrected chi connectivity index (χ0v) is 15.4. The van der Waals surface area contributed by atoms with Crippen LogP contribution in [0.3, 0.4) is 0 Å².